The second kappa shape index (κ2) is 4.34. The summed E-state index contributed by atoms with van der Waals surface area (Å²) < 4.78 is 0. The molecule has 0 aromatic carbocycles. The molecule has 4 heteroatoms. The molecule has 4 nitrogen and oxygen atoms in total. The van der Waals surface area contributed by atoms with Gasteiger partial charge in [-0.2, -0.15) is 5.06 Å². The number of aliphatic hydroxyl groups is 1. The smallest absolute Gasteiger partial charge is 0.136 e. The van der Waals surface area contributed by atoms with Crippen LogP contribution in [0.5, 0.6) is 0 Å². The lowest BCUT2D eigenvalue weighted by Crippen LogP contribution is -2.61. The summed E-state index contributed by atoms with van der Waals surface area (Å²) in [5.41, 5.74) is -1.53. The second-order valence-electron chi connectivity index (χ2n) is 6.90. The number of hydrogen-bond acceptors (Lipinski definition) is 4. The first-order valence-corrected chi connectivity index (χ1v) is 6.11. The molecule has 100 valence electrons. The van der Waals surface area contributed by atoms with Crippen molar-refractivity contribution in [2.24, 2.45) is 0 Å². The van der Waals surface area contributed by atoms with Crippen LogP contribution in [0.15, 0.2) is 0 Å². The summed E-state index contributed by atoms with van der Waals surface area (Å²) in [6, 6.07) is 0. The second-order valence-corrected chi connectivity index (χ2v) is 6.90. The predicted octanol–water partition coefficient (Wildman–Crippen LogP) is 1.91. The van der Waals surface area contributed by atoms with Gasteiger partial charge in [0.2, 0.25) is 0 Å². The Balaban J connectivity index is 2.82. The highest BCUT2D eigenvalue weighted by molar-refractivity contribution is 5.81. The van der Waals surface area contributed by atoms with Crippen LogP contribution in [0, 0.1) is 0 Å². The predicted molar refractivity (Wildman–Crippen MR) is 66.5 cm³/mol. The molecular weight excluding hydrogens is 218 g/mol. The van der Waals surface area contributed by atoms with E-state index < -0.39 is 5.60 Å². The van der Waals surface area contributed by atoms with Crippen molar-refractivity contribution in [2.75, 3.05) is 6.61 Å². The molecular formula is C13H25NO3. The van der Waals surface area contributed by atoms with Crippen molar-refractivity contribution in [3.63, 3.8) is 0 Å². The number of nitrogens with zero attached hydrogens (tertiary/aromatic N) is 1. The van der Waals surface area contributed by atoms with Crippen LogP contribution in [0.3, 0.4) is 0 Å². The molecule has 0 aromatic rings. The van der Waals surface area contributed by atoms with Crippen LogP contribution in [0.25, 0.3) is 0 Å². The molecule has 0 aromatic heterocycles. The molecule has 0 spiro atoms. The van der Waals surface area contributed by atoms with Gasteiger partial charge in [0.25, 0.3) is 0 Å². The number of ketones is 1. The quantitative estimate of drug-likeness (QED) is 0.822. The van der Waals surface area contributed by atoms with Crippen LogP contribution in [-0.2, 0) is 9.63 Å². The largest absolute Gasteiger partial charge is 0.388 e. The minimum atomic E-state index is -0.867. The number of carbonyl (C=O) groups is 1. The van der Waals surface area contributed by atoms with Gasteiger partial charge in [-0.15, -0.1) is 0 Å². The summed E-state index contributed by atoms with van der Waals surface area (Å²) in [4.78, 5) is 17.5. The van der Waals surface area contributed by atoms with E-state index >= 15 is 0 Å². The number of piperidine rings is 1. The number of carbonyl (C=O) groups excluding carboxylic acids is 1. The average Bonchev–Trinajstić information content (AvgIpc) is 1.94. The SMILES string of the molecule is CC(C)(O)CON1C(C)(C)CC(=O)CC1(C)C. The molecule has 1 saturated heterocycles. The Labute approximate surface area is 104 Å². The topological polar surface area (TPSA) is 49.8 Å². The molecule has 1 rings (SSSR count). The number of hydroxylamine groups is 2. The molecule has 1 fully saturated rings. The molecule has 0 saturated carbocycles. The van der Waals surface area contributed by atoms with Gasteiger partial charge < -0.3 is 5.11 Å². The van der Waals surface area contributed by atoms with Crippen molar-refractivity contribution in [1.29, 1.82) is 0 Å². The first-order chi connectivity index (χ1) is 7.44. The van der Waals surface area contributed by atoms with E-state index in [2.05, 4.69) is 0 Å². The van der Waals surface area contributed by atoms with Gasteiger partial charge in [0.15, 0.2) is 0 Å². The molecule has 0 amide bonds. The third kappa shape index (κ3) is 3.76. The summed E-state index contributed by atoms with van der Waals surface area (Å²) in [6.07, 6.45) is 0.977. The Hall–Kier alpha value is -0.450. The van der Waals surface area contributed by atoms with Crippen LogP contribution in [-0.4, -0.2) is 39.2 Å². The Morgan fingerprint density at radius 3 is 2.00 bits per heavy atom. The van der Waals surface area contributed by atoms with Gasteiger partial charge in [-0.1, -0.05) is 0 Å². The fraction of sp³-hybridized carbons (Fsp3) is 0.923. The highest BCUT2D eigenvalue weighted by Gasteiger charge is 2.46. The van der Waals surface area contributed by atoms with E-state index in [9.17, 15) is 9.90 Å². The number of rotatable bonds is 3. The third-order valence-corrected chi connectivity index (χ3v) is 2.91. The summed E-state index contributed by atoms with van der Waals surface area (Å²) in [7, 11) is 0. The molecule has 1 N–H and O–H groups in total. The van der Waals surface area contributed by atoms with E-state index in [4.69, 9.17) is 4.84 Å². The molecule has 0 unspecified atom stereocenters. The summed E-state index contributed by atoms with van der Waals surface area (Å²) in [5, 5.41) is 11.6. The molecule has 0 bridgehead atoms. The minimum Gasteiger partial charge on any atom is -0.388 e. The maximum atomic E-state index is 11.7. The van der Waals surface area contributed by atoms with Crippen molar-refractivity contribution in [2.45, 2.75) is 71.1 Å². The Kier molecular flexibility index (Phi) is 3.73. The van der Waals surface area contributed by atoms with Gasteiger partial charge in [-0.05, 0) is 41.5 Å². The standard InChI is InChI=1S/C13H25NO3/c1-11(2)7-10(15)8-12(3,4)14(11)17-9-13(5,6)16/h16H,7-9H2,1-6H3. The summed E-state index contributed by atoms with van der Waals surface area (Å²) in [5.74, 6) is 0.267. The van der Waals surface area contributed by atoms with Crippen molar-refractivity contribution in [1.82, 2.24) is 5.06 Å². The van der Waals surface area contributed by atoms with Gasteiger partial charge in [0, 0.05) is 23.9 Å². The first kappa shape index (κ1) is 14.6. The first-order valence-electron chi connectivity index (χ1n) is 6.11. The van der Waals surface area contributed by atoms with Crippen molar-refractivity contribution >= 4 is 5.78 Å². The van der Waals surface area contributed by atoms with Crippen LogP contribution in [0.4, 0.5) is 0 Å². The van der Waals surface area contributed by atoms with Gasteiger partial charge in [0.05, 0.1) is 12.2 Å². The monoisotopic (exact) mass is 243 g/mol. The summed E-state index contributed by atoms with van der Waals surface area (Å²) in [6.45, 7) is 11.6. The minimum absolute atomic E-state index is 0.230. The molecule has 1 heterocycles. The molecule has 0 radical (unpaired) electrons. The Morgan fingerprint density at radius 1 is 1.24 bits per heavy atom. The van der Waals surface area contributed by atoms with E-state index in [-0.39, 0.29) is 23.5 Å². The van der Waals surface area contributed by atoms with Gasteiger partial charge in [-0.25, -0.2) is 0 Å². The van der Waals surface area contributed by atoms with Crippen molar-refractivity contribution < 1.29 is 14.7 Å². The maximum Gasteiger partial charge on any atom is 0.136 e. The Morgan fingerprint density at radius 2 is 1.65 bits per heavy atom. The van der Waals surface area contributed by atoms with E-state index in [0.717, 1.165) is 0 Å². The van der Waals surface area contributed by atoms with Crippen LogP contribution in [0.2, 0.25) is 0 Å². The zero-order valence-corrected chi connectivity index (χ0v) is 11.8. The van der Waals surface area contributed by atoms with Gasteiger partial charge in [-0.3, -0.25) is 9.63 Å². The van der Waals surface area contributed by atoms with E-state index in [1.165, 1.54) is 0 Å². The van der Waals surface area contributed by atoms with Crippen LogP contribution in [0.1, 0.15) is 54.4 Å². The zero-order valence-electron chi connectivity index (χ0n) is 11.8. The number of Topliss-reactive ketones (excluding diaryl/α,β-unsaturated/α-hetero) is 1. The normalized spacial score (nSPS) is 25.0. The highest BCUT2D eigenvalue weighted by atomic mass is 16.7. The van der Waals surface area contributed by atoms with E-state index in [0.29, 0.717) is 12.8 Å². The molecule has 1 aliphatic heterocycles. The highest BCUT2D eigenvalue weighted by Crippen LogP contribution is 2.36. The lowest BCUT2D eigenvalue weighted by molar-refractivity contribution is -0.290. The van der Waals surface area contributed by atoms with Gasteiger partial charge in [0.1, 0.15) is 5.78 Å². The molecule has 1 aliphatic rings. The number of hydrogen-bond donors (Lipinski definition) is 1. The van der Waals surface area contributed by atoms with E-state index in [1.54, 1.807) is 13.8 Å². The zero-order chi connectivity index (χ0) is 13.5. The van der Waals surface area contributed by atoms with E-state index in [1.807, 2.05) is 32.8 Å². The van der Waals surface area contributed by atoms with Crippen molar-refractivity contribution in [3.05, 3.63) is 0 Å². The lowest BCUT2D eigenvalue weighted by Gasteiger charge is -2.50. The van der Waals surface area contributed by atoms with Gasteiger partial charge >= 0.3 is 0 Å². The fourth-order valence-electron chi connectivity index (χ4n) is 2.56. The summed E-state index contributed by atoms with van der Waals surface area (Å²) >= 11 is 0. The molecule has 17 heavy (non-hydrogen) atoms. The molecule has 0 aliphatic carbocycles. The Bertz CT molecular complexity index is 282. The molecule has 0 atom stereocenters. The van der Waals surface area contributed by atoms with Crippen LogP contribution < -0.4 is 0 Å². The average molecular weight is 243 g/mol. The third-order valence-electron chi connectivity index (χ3n) is 2.91. The van der Waals surface area contributed by atoms with Crippen molar-refractivity contribution in [3.8, 4) is 0 Å². The maximum absolute atomic E-state index is 11.7. The lowest BCUT2D eigenvalue weighted by atomic mass is 9.81. The fourth-order valence-corrected chi connectivity index (χ4v) is 2.56. The van der Waals surface area contributed by atoms with Crippen LogP contribution >= 0.6 is 0 Å².